The van der Waals surface area contributed by atoms with Gasteiger partial charge in [0.15, 0.2) is 0 Å². The summed E-state index contributed by atoms with van der Waals surface area (Å²) in [4.78, 5) is 53.6. The number of imide groups is 1. The van der Waals surface area contributed by atoms with Gasteiger partial charge in [0, 0.05) is 25.6 Å². The van der Waals surface area contributed by atoms with Gasteiger partial charge in [-0.25, -0.2) is 14.6 Å². The van der Waals surface area contributed by atoms with Gasteiger partial charge in [-0.2, -0.15) is 0 Å². The van der Waals surface area contributed by atoms with E-state index < -0.39 is 35.3 Å². The van der Waals surface area contributed by atoms with E-state index in [4.69, 9.17) is 9.47 Å². The summed E-state index contributed by atoms with van der Waals surface area (Å²) < 4.78 is 11.1. The van der Waals surface area contributed by atoms with E-state index >= 15 is 0 Å². The van der Waals surface area contributed by atoms with Crippen LogP contribution < -0.4 is 0 Å². The largest absolute Gasteiger partial charge is 0.442 e. The number of piperidine rings is 1. The number of rotatable bonds is 2. The summed E-state index contributed by atoms with van der Waals surface area (Å²) in [5.41, 5.74) is -1.53. The Hall–Kier alpha value is -3.10. The lowest BCUT2D eigenvalue weighted by molar-refractivity contribution is -0.131. The molecule has 1 aliphatic heterocycles. The minimum Gasteiger partial charge on any atom is -0.442 e. The molecule has 2 rings (SSSR count). The first-order valence-electron chi connectivity index (χ1n) is 11.1. The van der Waals surface area contributed by atoms with Crippen molar-refractivity contribution in [2.24, 2.45) is 0 Å². The van der Waals surface area contributed by atoms with Gasteiger partial charge in [-0.15, -0.1) is 5.01 Å². The van der Waals surface area contributed by atoms with Crippen LogP contribution in [0.4, 0.5) is 9.59 Å². The second-order valence-electron chi connectivity index (χ2n) is 10.0. The quantitative estimate of drug-likeness (QED) is 0.612. The van der Waals surface area contributed by atoms with Crippen LogP contribution >= 0.6 is 0 Å². The zero-order valence-corrected chi connectivity index (χ0v) is 20.6. The predicted octanol–water partition coefficient (Wildman–Crippen LogP) is 4.23. The zero-order chi connectivity index (χ0) is 25.0. The number of amides is 4. The number of hydrogen-bond acceptors (Lipinski definition) is 6. The summed E-state index contributed by atoms with van der Waals surface area (Å²) in [6.07, 6.45) is -1.06. The number of hydrazine groups is 1. The van der Waals surface area contributed by atoms with E-state index in [9.17, 15) is 19.2 Å². The summed E-state index contributed by atoms with van der Waals surface area (Å²) in [7, 11) is 0. The first kappa shape index (κ1) is 26.2. The van der Waals surface area contributed by atoms with Crippen LogP contribution in [-0.4, -0.2) is 69.3 Å². The number of carbonyl (C=O) groups is 4. The third kappa shape index (κ3) is 7.47. The lowest BCUT2D eigenvalue weighted by Gasteiger charge is -2.42. The summed E-state index contributed by atoms with van der Waals surface area (Å²) in [6, 6.07) is 7.66. The molecule has 0 atom stereocenters. The van der Waals surface area contributed by atoms with E-state index in [2.05, 4.69) is 0 Å². The fourth-order valence-electron chi connectivity index (χ4n) is 3.40. The molecule has 9 heteroatoms. The van der Waals surface area contributed by atoms with Crippen LogP contribution in [0.5, 0.6) is 0 Å². The molecule has 1 aliphatic rings. The number of likely N-dealkylation sites (tertiary alicyclic amines) is 1. The molecule has 182 valence electrons. The predicted molar refractivity (Wildman–Crippen MR) is 122 cm³/mol. The molecular weight excluding hydrogens is 426 g/mol. The van der Waals surface area contributed by atoms with Gasteiger partial charge in [-0.1, -0.05) is 18.2 Å². The van der Waals surface area contributed by atoms with Crippen LogP contribution in [0.25, 0.3) is 0 Å². The standard InChI is InChI=1S/C24H35N3O6/c1-17(28)25-15-13-19(14-16-25)26(21(30)32-23(2,3)4)27(22(31)33-24(5,6)7)20(29)18-11-9-8-10-12-18/h8-12,19H,13-16H2,1-7H3. The molecule has 1 aromatic rings. The van der Waals surface area contributed by atoms with Gasteiger partial charge in [0.1, 0.15) is 11.2 Å². The van der Waals surface area contributed by atoms with Gasteiger partial charge in [-0.05, 0) is 66.5 Å². The summed E-state index contributed by atoms with van der Waals surface area (Å²) in [5, 5.41) is 1.80. The topological polar surface area (TPSA) is 96.5 Å². The first-order valence-corrected chi connectivity index (χ1v) is 11.1. The number of nitrogens with zero attached hydrogens (tertiary/aromatic N) is 3. The molecule has 0 radical (unpaired) electrons. The Kier molecular flexibility index (Phi) is 8.11. The van der Waals surface area contributed by atoms with Crippen molar-refractivity contribution in [1.29, 1.82) is 0 Å². The highest BCUT2D eigenvalue weighted by molar-refractivity contribution is 6.03. The number of hydrogen-bond donors (Lipinski definition) is 0. The molecule has 0 bridgehead atoms. The Labute approximate surface area is 195 Å². The van der Waals surface area contributed by atoms with Crippen molar-refractivity contribution < 1.29 is 28.7 Å². The Morgan fingerprint density at radius 2 is 1.33 bits per heavy atom. The second-order valence-corrected chi connectivity index (χ2v) is 10.0. The molecule has 0 spiro atoms. The molecule has 9 nitrogen and oxygen atoms in total. The molecular formula is C24H35N3O6. The maximum Gasteiger partial charge on any atom is 0.437 e. The van der Waals surface area contributed by atoms with Crippen molar-refractivity contribution in [3.63, 3.8) is 0 Å². The smallest absolute Gasteiger partial charge is 0.437 e. The molecule has 33 heavy (non-hydrogen) atoms. The first-order chi connectivity index (χ1) is 15.2. The second kappa shape index (κ2) is 10.2. The van der Waals surface area contributed by atoms with Crippen molar-refractivity contribution >= 4 is 24.0 Å². The van der Waals surface area contributed by atoms with E-state index in [1.807, 2.05) is 0 Å². The van der Waals surface area contributed by atoms with Gasteiger partial charge < -0.3 is 14.4 Å². The van der Waals surface area contributed by atoms with Gasteiger partial charge in [0.05, 0.1) is 6.04 Å². The molecule has 1 saturated heterocycles. The Bertz CT molecular complexity index is 864. The maximum absolute atomic E-state index is 13.5. The fourth-order valence-corrected chi connectivity index (χ4v) is 3.40. The third-order valence-electron chi connectivity index (χ3n) is 4.83. The number of ether oxygens (including phenoxy) is 2. The van der Waals surface area contributed by atoms with Gasteiger partial charge in [0.25, 0.3) is 5.91 Å². The zero-order valence-electron chi connectivity index (χ0n) is 20.6. The minimum atomic E-state index is -0.976. The van der Waals surface area contributed by atoms with Crippen LogP contribution in [-0.2, 0) is 14.3 Å². The summed E-state index contributed by atoms with van der Waals surface area (Å²) >= 11 is 0. The van der Waals surface area contributed by atoms with Crippen LogP contribution in [0.15, 0.2) is 30.3 Å². The van der Waals surface area contributed by atoms with Crippen LogP contribution in [0, 0.1) is 0 Å². The van der Waals surface area contributed by atoms with Crippen molar-refractivity contribution in [3.8, 4) is 0 Å². The van der Waals surface area contributed by atoms with E-state index in [1.165, 1.54) is 6.92 Å². The highest BCUT2D eigenvalue weighted by atomic mass is 16.6. The Balaban J connectivity index is 2.50. The van der Waals surface area contributed by atoms with E-state index in [-0.39, 0.29) is 11.5 Å². The van der Waals surface area contributed by atoms with E-state index in [1.54, 1.807) is 76.8 Å². The average molecular weight is 462 g/mol. The number of benzene rings is 1. The lowest BCUT2D eigenvalue weighted by Crippen LogP contribution is -2.60. The fraction of sp³-hybridized carbons (Fsp3) is 0.583. The van der Waals surface area contributed by atoms with Gasteiger partial charge >= 0.3 is 12.2 Å². The van der Waals surface area contributed by atoms with Gasteiger partial charge in [-0.3, -0.25) is 9.59 Å². The molecule has 0 aromatic heterocycles. The van der Waals surface area contributed by atoms with Crippen LogP contribution in [0.1, 0.15) is 71.7 Å². The van der Waals surface area contributed by atoms with Gasteiger partial charge in [0.2, 0.25) is 5.91 Å². The Morgan fingerprint density at radius 1 is 0.848 bits per heavy atom. The SMILES string of the molecule is CC(=O)N1CCC(N(C(=O)OC(C)(C)C)N(C(=O)OC(C)(C)C)C(=O)c2ccccc2)CC1. The van der Waals surface area contributed by atoms with Crippen molar-refractivity contribution in [2.75, 3.05) is 13.1 Å². The van der Waals surface area contributed by atoms with Crippen molar-refractivity contribution in [3.05, 3.63) is 35.9 Å². The van der Waals surface area contributed by atoms with Crippen molar-refractivity contribution in [1.82, 2.24) is 14.9 Å². The molecule has 1 heterocycles. The highest BCUT2D eigenvalue weighted by Crippen LogP contribution is 2.25. The molecule has 0 saturated carbocycles. The molecule has 0 N–H and O–H groups in total. The minimum absolute atomic E-state index is 0.0679. The number of carbonyl (C=O) groups excluding carboxylic acids is 4. The Morgan fingerprint density at radius 3 is 1.79 bits per heavy atom. The molecule has 4 amide bonds. The molecule has 1 fully saturated rings. The normalized spacial score (nSPS) is 14.9. The summed E-state index contributed by atoms with van der Waals surface area (Å²) in [6.45, 7) is 12.4. The average Bonchev–Trinajstić information content (AvgIpc) is 2.69. The maximum atomic E-state index is 13.5. The third-order valence-corrected chi connectivity index (χ3v) is 4.83. The molecule has 0 unspecified atom stereocenters. The highest BCUT2D eigenvalue weighted by Gasteiger charge is 2.43. The van der Waals surface area contributed by atoms with Crippen molar-refractivity contribution in [2.45, 2.75) is 78.6 Å². The van der Waals surface area contributed by atoms with E-state index in [0.717, 1.165) is 10.0 Å². The molecule has 0 aliphatic carbocycles. The van der Waals surface area contributed by atoms with Crippen LogP contribution in [0.3, 0.4) is 0 Å². The lowest BCUT2D eigenvalue weighted by atomic mass is 10.0. The van der Waals surface area contributed by atoms with E-state index in [0.29, 0.717) is 25.9 Å². The molecule has 1 aromatic carbocycles. The summed E-state index contributed by atoms with van der Waals surface area (Å²) in [5.74, 6) is -0.772. The van der Waals surface area contributed by atoms with Crippen LogP contribution in [0.2, 0.25) is 0 Å². The monoisotopic (exact) mass is 461 g/mol.